The molecule has 2 aliphatic rings. The maximum Gasteiger partial charge on any atom is 0.151 e. The second kappa shape index (κ2) is 5.65. The maximum atomic E-state index is 11.5. The summed E-state index contributed by atoms with van der Waals surface area (Å²) >= 11 is 0. The van der Waals surface area contributed by atoms with Crippen LogP contribution in [-0.2, 0) is 14.6 Å². The van der Waals surface area contributed by atoms with Crippen molar-refractivity contribution in [2.75, 3.05) is 37.7 Å². The largest absolute Gasteiger partial charge is 0.372 e. The molecule has 0 aromatic heterocycles. The molecule has 2 fully saturated rings. The molecule has 2 heterocycles. The van der Waals surface area contributed by atoms with E-state index in [0.717, 1.165) is 32.4 Å². The number of sulfone groups is 1. The van der Waals surface area contributed by atoms with E-state index in [4.69, 9.17) is 10.5 Å². The Hall–Kier alpha value is -0.170. The number of nitrogens with two attached hydrogens (primary N) is 1. The highest BCUT2D eigenvalue weighted by molar-refractivity contribution is 7.91. The molecular weight excluding hydrogens is 240 g/mol. The number of hydrogen-bond acceptors (Lipinski definition) is 5. The highest BCUT2D eigenvalue weighted by Crippen LogP contribution is 2.20. The number of nitrogens with zero attached hydrogens (tertiary/aromatic N) is 1. The van der Waals surface area contributed by atoms with Crippen molar-refractivity contribution < 1.29 is 13.2 Å². The normalized spacial score (nSPS) is 34.6. The Kier molecular flexibility index (Phi) is 4.41. The molecular formula is C11H22N2O3S. The Balaban J connectivity index is 1.80. The van der Waals surface area contributed by atoms with Gasteiger partial charge in [-0.05, 0) is 25.8 Å². The molecule has 0 spiro atoms. The van der Waals surface area contributed by atoms with Crippen LogP contribution in [-0.4, -0.2) is 63.2 Å². The Morgan fingerprint density at radius 3 is 2.65 bits per heavy atom. The third-order valence-electron chi connectivity index (χ3n) is 3.57. The van der Waals surface area contributed by atoms with Gasteiger partial charge in [-0.3, -0.25) is 4.90 Å². The van der Waals surface area contributed by atoms with E-state index in [9.17, 15) is 8.42 Å². The number of ether oxygens (including phenoxy) is 1. The fraction of sp³-hybridized carbons (Fsp3) is 1.00. The van der Waals surface area contributed by atoms with E-state index < -0.39 is 9.84 Å². The van der Waals surface area contributed by atoms with Gasteiger partial charge in [0.05, 0.1) is 23.7 Å². The average Bonchev–Trinajstić information content (AvgIpc) is 2.66. The maximum absolute atomic E-state index is 11.5. The number of hydrogen-bond donors (Lipinski definition) is 1. The summed E-state index contributed by atoms with van der Waals surface area (Å²) in [4.78, 5) is 2.22. The monoisotopic (exact) mass is 262 g/mol. The lowest BCUT2D eigenvalue weighted by Gasteiger charge is -2.23. The highest BCUT2D eigenvalue weighted by Gasteiger charge is 2.27. The van der Waals surface area contributed by atoms with Crippen molar-refractivity contribution in [3.05, 3.63) is 0 Å². The quantitative estimate of drug-likeness (QED) is 0.750. The molecule has 2 unspecified atom stereocenters. The topological polar surface area (TPSA) is 72.6 Å². The van der Waals surface area contributed by atoms with Gasteiger partial charge >= 0.3 is 0 Å². The van der Waals surface area contributed by atoms with Crippen molar-refractivity contribution >= 4 is 9.84 Å². The van der Waals surface area contributed by atoms with E-state index in [1.165, 1.54) is 0 Å². The molecule has 0 aromatic carbocycles. The minimum atomic E-state index is -2.80. The van der Waals surface area contributed by atoms with Gasteiger partial charge in [0.25, 0.3) is 0 Å². The second-order valence-electron chi connectivity index (χ2n) is 5.00. The summed E-state index contributed by atoms with van der Waals surface area (Å²) in [5.41, 5.74) is 5.57. The lowest BCUT2D eigenvalue weighted by Crippen LogP contribution is -2.35. The summed E-state index contributed by atoms with van der Waals surface area (Å²) in [6, 6.07) is 0. The molecule has 2 N–H and O–H groups in total. The molecule has 2 aliphatic heterocycles. The van der Waals surface area contributed by atoms with Crippen molar-refractivity contribution in [1.29, 1.82) is 0 Å². The first kappa shape index (κ1) is 13.3. The van der Waals surface area contributed by atoms with Crippen LogP contribution in [0.15, 0.2) is 0 Å². The smallest absolute Gasteiger partial charge is 0.151 e. The molecule has 0 aromatic rings. The fourth-order valence-electron chi connectivity index (χ4n) is 2.55. The minimum Gasteiger partial charge on any atom is -0.372 e. The summed E-state index contributed by atoms with van der Waals surface area (Å²) in [7, 11) is -2.80. The predicted octanol–water partition coefficient (Wildman–Crippen LogP) is -0.387. The minimum absolute atomic E-state index is 0.204. The molecule has 2 rings (SSSR count). The van der Waals surface area contributed by atoms with Crippen LogP contribution in [0.5, 0.6) is 0 Å². The van der Waals surface area contributed by atoms with Crippen LogP contribution in [0.3, 0.4) is 0 Å². The molecule has 0 bridgehead atoms. The molecule has 6 heteroatoms. The van der Waals surface area contributed by atoms with Gasteiger partial charge in [-0.1, -0.05) is 0 Å². The van der Waals surface area contributed by atoms with Gasteiger partial charge in [0, 0.05) is 19.6 Å². The van der Waals surface area contributed by atoms with Crippen LogP contribution in [0.2, 0.25) is 0 Å². The van der Waals surface area contributed by atoms with Crippen LogP contribution in [0.4, 0.5) is 0 Å². The third kappa shape index (κ3) is 3.91. The predicted molar refractivity (Wildman–Crippen MR) is 66.7 cm³/mol. The fourth-order valence-corrected chi connectivity index (χ4v) is 3.86. The molecule has 5 nitrogen and oxygen atoms in total. The Labute approximate surface area is 103 Å². The Morgan fingerprint density at radius 1 is 1.18 bits per heavy atom. The van der Waals surface area contributed by atoms with Crippen molar-refractivity contribution in [2.24, 2.45) is 5.73 Å². The van der Waals surface area contributed by atoms with E-state index in [0.29, 0.717) is 24.6 Å². The van der Waals surface area contributed by atoms with Gasteiger partial charge in [0.1, 0.15) is 0 Å². The van der Waals surface area contributed by atoms with Crippen LogP contribution < -0.4 is 5.73 Å². The summed E-state index contributed by atoms with van der Waals surface area (Å²) in [5.74, 6) is 0.625. The second-order valence-corrected chi connectivity index (χ2v) is 7.30. The first-order valence-electron chi connectivity index (χ1n) is 6.37. The summed E-state index contributed by atoms with van der Waals surface area (Å²) in [5, 5.41) is 0. The summed E-state index contributed by atoms with van der Waals surface area (Å²) in [6.07, 6.45) is 3.27. The van der Waals surface area contributed by atoms with Crippen molar-refractivity contribution in [3.8, 4) is 0 Å². The van der Waals surface area contributed by atoms with E-state index >= 15 is 0 Å². The molecule has 100 valence electrons. The lowest BCUT2D eigenvalue weighted by atomic mass is 10.2. The van der Waals surface area contributed by atoms with Crippen molar-refractivity contribution in [3.63, 3.8) is 0 Å². The molecule has 0 amide bonds. The first-order valence-corrected chi connectivity index (χ1v) is 8.19. The Morgan fingerprint density at radius 2 is 1.94 bits per heavy atom. The zero-order chi connectivity index (χ0) is 12.3. The lowest BCUT2D eigenvalue weighted by molar-refractivity contribution is 0.0285. The standard InChI is InChI=1S/C11H22N2O3S/c12-8-10-2-3-11(16-10)9-13-4-1-6-17(14,15)7-5-13/h10-11H,1-9,12H2. The SMILES string of the molecule is NCC1CCC(CN2CCCS(=O)(=O)CC2)O1. The van der Waals surface area contributed by atoms with E-state index in [2.05, 4.69) is 4.90 Å². The van der Waals surface area contributed by atoms with Crippen molar-refractivity contribution in [2.45, 2.75) is 31.5 Å². The highest BCUT2D eigenvalue weighted by atomic mass is 32.2. The van der Waals surface area contributed by atoms with Gasteiger partial charge in [0.2, 0.25) is 0 Å². The van der Waals surface area contributed by atoms with Gasteiger partial charge in [-0.2, -0.15) is 0 Å². The first-order chi connectivity index (χ1) is 8.09. The summed E-state index contributed by atoms with van der Waals surface area (Å²) in [6.45, 7) is 2.96. The van der Waals surface area contributed by atoms with E-state index in [1.54, 1.807) is 0 Å². The molecule has 2 saturated heterocycles. The molecule has 2 atom stereocenters. The zero-order valence-corrected chi connectivity index (χ0v) is 11.0. The summed E-state index contributed by atoms with van der Waals surface area (Å²) < 4.78 is 28.7. The van der Waals surface area contributed by atoms with Crippen molar-refractivity contribution in [1.82, 2.24) is 4.90 Å². The van der Waals surface area contributed by atoms with Crippen LogP contribution in [0.1, 0.15) is 19.3 Å². The van der Waals surface area contributed by atoms with Crippen LogP contribution in [0.25, 0.3) is 0 Å². The van der Waals surface area contributed by atoms with Gasteiger partial charge < -0.3 is 10.5 Å². The zero-order valence-electron chi connectivity index (χ0n) is 10.2. The van der Waals surface area contributed by atoms with Crippen LogP contribution in [0, 0.1) is 0 Å². The molecule has 0 aliphatic carbocycles. The molecule has 17 heavy (non-hydrogen) atoms. The average molecular weight is 262 g/mol. The molecule has 0 saturated carbocycles. The van der Waals surface area contributed by atoms with Crippen LogP contribution >= 0.6 is 0 Å². The van der Waals surface area contributed by atoms with Gasteiger partial charge in [-0.25, -0.2) is 8.42 Å². The van der Waals surface area contributed by atoms with E-state index in [-0.39, 0.29) is 12.2 Å². The number of rotatable bonds is 3. The van der Waals surface area contributed by atoms with Gasteiger partial charge in [-0.15, -0.1) is 0 Å². The van der Waals surface area contributed by atoms with E-state index in [1.807, 2.05) is 0 Å². The third-order valence-corrected chi connectivity index (χ3v) is 5.28. The molecule has 0 radical (unpaired) electrons. The Bertz CT molecular complexity index is 345. The van der Waals surface area contributed by atoms with Gasteiger partial charge in [0.15, 0.2) is 9.84 Å².